The summed E-state index contributed by atoms with van der Waals surface area (Å²) >= 11 is 5.99. The van der Waals surface area contributed by atoms with Crippen LogP contribution in [0.1, 0.15) is 11.1 Å². The molecule has 0 amide bonds. The molecule has 0 radical (unpaired) electrons. The summed E-state index contributed by atoms with van der Waals surface area (Å²) in [4.78, 5) is 0. The SMILES string of the molecule is Fc1ccc(CNC(CCl)Cc2ccccc2)cc1. The van der Waals surface area contributed by atoms with Gasteiger partial charge in [0.15, 0.2) is 0 Å². The monoisotopic (exact) mass is 277 g/mol. The lowest BCUT2D eigenvalue weighted by Gasteiger charge is -2.16. The minimum absolute atomic E-state index is 0.207. The van der Waals surface area contributed by atoms with Gasteiger partial charge in [-0.2, -0.15) is 0 Å². The number of benzene rings is 2. The summed E-state index contributed by atoms with van der Waals surface area (Å²) in [6.07, 6.45) is 0.894. The molecule has 0 aliphatic carbocycles. The van der Waals surface area contributed by atoms with Crippen LogP contribution in [-0.2, 0) is 13.0 Å². The first-order valence-electron chi connectivity index (χ1n) is 6.35. The second-order valence-corrected chi connectivity index (χ2v) is 4.86. The van der Waals surface area contributed by atoms with Crippen LogP contribution in [0.4, 0.5) is 4.39 Å². The first-order chi connectivity index (χ1) is 9.28. The highest BCUT2D eigenvalue weighted by atomic mass is 35.5. The molecule has 2 aromatic rings. The fourth-order valence-electron chi connectivity index (χ4n) is 1.94. The van der Waals surface area contributed by atoms with Crippen molar-refractivity contribution in [3.8, 4) is 0 Å². The summed E-state index contributed by atoms with van der Waals surface area (Å²) < 4.78 is 12.8. The zero-order chi connectivity index (χ0) is 13.5. The van der Waals surface area contributed by atoms with Gasteiger partial charge in [-0.15, -0.1) is 11.6 Å². The number of alkyl halides is 1. The summed E-state index contributed by atoms with van der Waals surface area (Å²) in [5.74, 6) is 0.345. The first kappa shape index (κ1) is 14.0. The van der Waals surface area contributed by atoms with E-state index in [-0.39, 0.29) is 11.9 Å². The van der Waals surface area contributed by atoms with Gasteiger partial charge in [0.1, 0.15) is 5.82 Å². The van der Waals surface area contributed by atoms with E-state index < -0.39 is 0 Å². The third kappa shape index (κ3) is 4.66. The molecular weight excluding hydrogens is 261 g/mol. The van der Waals surface area contributed by atoms with Crippen LogP contribution in [0.15, 0.2) is 54.6 Å². The Balaban J connectivity index is 1.87. The van der Waals surface area contributed by atoms with E-state index in [2.05, 4.69) is 17.4 Å². The van der Waals surface area contributed by atoms with Crippen LogP contribution in [0.2, 0.25) is 0 Å². The average Bonchev–Trinajstić information content (AvgIpc) is 2.46. The summed E-state index contributed by atoms with van der Waals surface area (Å²) in [5, 5.41) is 3.40. The van der Waals surface area contributed by atoms with Crippen LogP contribution in [0.3, 0.4) is 0 Å². The van der Waals surface area contributed by atoms with Crippen LogP contribution in [0.5, 0.6) is 0 Å². The van der Waals surface area contributed by atoms with E-state index in [4.69, 9.17) is 11.6 Å². The summed E-state index contributed by atoms with van der Waals surface area (Å²) in [6.45, 7) is 0.699. The van der Waals surface area contributed by atoms with E-state index in [1.165, 1.54) is 17.7 Å². The van der Waals surface area contributed by atoms with Crippen molar-refractivity contribution in [3.05, 3.63) is 71.5 Å². The molecule has 0 saturated carbocycles. The van der Waals surface area contributed by atoms with Gasteiger partial charge in [0.2, 0.25) is 0 Å². The lowest BCUT2D eigenvalue weighted by atomic mass is 10.1. The molecule has 0 aromatic heterocycles. The summed E-state index contributed by atoms with van der Waals surface area (Å²) in [7, 11) is 0. The fraction of sp³-hybridized carbons (Fsp3) is 0.250. The second-order valence-electron chi connectivity index (χ2n) is 4.55. The van der Waals surface area contributed by atoms with Crippen LogP contribution >= 0.6 is 11.6 Å². The molecular formula is C16H17ClFN. The van der Waals surface area contributed by atoms with E-state index >= 15 is 0 Å². The lowest BCUT2D eigenvalue weighted by Crippen LogP contribution is -2.32. The van der Waals surface area contributed by atoms with Crippen molar-refractivity contribution < 1.29 is 4.39 Å². The van der Waals surface area contributed by atoms with Crippen molar-refractivity contribution in [3.63, 3.8) is 0 Å². The predicted molar refractivity (Wildman–Crippen MR) is 77.9 cm³/mol. The van der Waals surface area contributed by atoms with Gasteiger partial charge in [-0.05, 0) is 29.7 Å². The Morgan fingerprint density at radius 2 is 1.63 bits per heavy atom. The van der Waals surface area contributed by atoms with Gasteiger partial charge in [-0.25, -0.2) is 4.39 Å². The van der Waals surface area contributed by atoms with Gasteiger partial charge in [0, 0.05) is 18.5 Å². The maximum absolute atomic E-state index is 12.8. The van der Waals surface area contributed by atoms with E-state index in [9.17, 15) is 4.39 Å². The second kappa shape index (κ2) is 7.27. The first-order valence-corrected chi connectivity index (χ1v) is 6.89. The van der Waals surface area contributed by atoms with Crippen molar-refractivity contribution in [1.29, 1.82) is 0 Å². The molecule has 3 heteroatoms. The molecule has 0 heterocycles. The Hall–Kier alpha value is -1.38. The molecule has 1 N–H and O–H groups in total. The van der Waals surface area contributed by atoms with Crippen molar-refractivity contribution >= 4 is 11.6 Å². The largest absolute Gasteiger partial charge is 0.308 e. The Kier molecular flexibility index (Phi) is 5.37. The topological polar surface area (TPSA) is 12.0 Å². The van der Waals surface area contributed by atoms with E-state index in [0.29, 0.717) is 12.4 Å². The maximum atomic E-state index is 12.8. The van der Waals surface area contributed by atoms with Crippen molar-refractivity contribution in [1.82, 2.24) is 5.32 Å². The molecule has 100 valence electrons. The number of hydrogen-bond donors (Lipinski definition) is 1. The molecule has 0 aliphatic heterocycles. The van der Waals surface area contributed by atoms with E-state index in [1.807, 2.05) is 18.2 Å². The van der Waals surface area contributed by atoms with Crippen molar-refractivity contribution in [2.24, 2.45) is 0 Å². The van der Waals surface area contributed by atoms with Crippen molar-refractivity contribution in [2.75, 3.05) is 5.88 Å². The molecule has 1 atom stereocenters. The minimum Gasteiger partial charge on any atom is -0.308 e. The van der Waals surface area contributed by atoms with Gasteiger partial charge in [-0.1, -0.05) is 42.5 Å². The number of rotatable bonds is 6. The zero-order valence-corrected chi connectivity index (χ0v) is 11.4. The molecule has 0 fully saturated rings. The summed E-state index contributed by atoms with van der Waals surface area (Å²) in [6, 6.07) is 17.0. The standard InChI is InChI=1S/C16H17ClFN/c17-11-16(10-13-4-2-1-3-5-13)19-12-14-6-8-15(18)9-7-14/h1-9,16,19H,10-12H2. The summed E-state index contributed by atoms with van der Waals surface area (Å²) in [5.41, 5.74) is 2.32. The third-order valence-electron chi connectivity index (χ3n) is 3.02. The highest BCUT2D eigenvalue weighted by Crippen LogP contribution is 2.07. The van der Waals surface area contributed by atoms with Gasteiger partial charge < -0.3 is 5.32 Å². The third-order valence-corrected chi connectivity index (χ3v) is 3.39. The highest BCUT2D eigenvalue weighted by molar-refractivity contribution is 6.18. The number of nitrogens with one attached hydrogen (secondary N) is 1. The van der Waals surface area contributed by atoms with Crippen LogP contribution in [-0.4, -0.2) is 11.9 Å². The molecule has 0 bridgehead atoms. The normalized spacial score (nSPS) is 12.3. The zero-order valence-electron chi connectivity index (χ0n) is 10.7. The molecule has 2 aromatic carbocycles. The predicted octanol–water partition coefficient (Wildman–Crippen LogP) is 3.77. The Morgan fingerprint density at radius 3 is 2.26 bits per heavy atom. The Morgan fingerprint density at radius 1 is 0.947 bits per heavy atom. The lowest BCUT2D eigenvalue weighted by molar-refractivity contribution is 0.549. The molecule has 0 aliphatic rings. The fourth-order valence-corrected chi connectivity index (χ4v) is 2.16. The Bertz CT molecular complexity index is 484. The number of hydrogen-bond acceptors (Lipinski definition) is 1. The van der Waals surface area contributed by atoms with Crippen LogP contribution < -0.4 is 5.32 Å². The van der Waals surface area contributed by atoms with Gasteiger partial charge >= 0.3 is 0 Å². The molecule has 19 heavy (non-hydrogen) atoms. The molecule has 1 unspecified atom stereocenters. The molecule has 2 rings (SSSR count). The van der Waals surface area contributed by atoms with Gasteiger partial charge in [-0.3, -0.25) is 0 Å². The van der Waals surface area contributed by atoms with E-state index in [0.717, 1.165) is 12.0 Å². The smallest absolute Gasteiger partial charge is 0.123 e. The van der Waals surface area contributed by atoms with Crippen molar-refractivity contribution in [2.45, 2.75) is 19.0 Å². The molecule has 1 nitrogen and oxygen atoms in total. The van der Waals surface area contributed by atoms with Gasteiger partial charge in [0.05, 0.1) is 0 Å². The Labute approximate surface area is 118 Å². The van der Waals surface area contributed by atoms with Crippen LogP contribution in [0, 0.1) is 5.82 Å². The van der Waals surface area contributed by atoms with Crippen LogP contribution in [0.25, 0.3) is 0 Å². The van der Waals surface area contributed by atoms with E-state index in [1.54, 1.807) is 12.1 Å². The molecule has 0 spiro atoms. The molecule has 0 saturated heterocycles. The minimum atomic E-state index is -0.207. The number of halogens is 2. The quantitative estimate of drug-likeness (QED) is 0.793. The van der Waals surface area contributed by atoms with Gasteiger partial charge in [0.25, 0.3) is 0 Å². The highest BCUT2D eigenvalue weighted by Gasteiger charge is 2.07. The average molecular weight is 278 g/mol. The maximum Gasteiger partial charge on any atom is 0.123 e.